The fourth-order valence-electron chi connectivity index (χ4n) is 3.90. The molecule has 1 aliphatic heterocycles. The largest absolute Gasteiger partial charge is 0.392 e. The number of hydrogen-bond acceptors (Lipinski definition) is 2. The molecule has 2 unspecified atom stereocenters. The number of halogens is 2. The van der Waals surface area contributed by atoms with Gasteiger partial charge < -0.3 is 9.84 Å². The van der Waals surface area contributed by atoms with E-state index in [2.05, 4.69) is 0 Å². The zero-order valence-corrected chi connectivity index (χ0v) is 12.2. The number of benzene rings is 1. The van der Waals surface area contributed by atoms with Crippen LogP contribution in [0, 0.1) is 17.6 Å². The fraction of sp³-hybridized carbons (Fsp3) is 0.647. The van der Waals surface area contributed by atoms with Crippen molar-refractivity contribution in [3.8, 4) is 0 Å². The third-order valence-electron chi connectivity index (χ3n) is 4.96. The van der Waals surface area contributed by atoms with Crippen molar-refractivity contribution in [3.05, 3.63) is 35.4 Å². The summed E-state index contributed by atoms with van der Waals surface area (Å²) < 4.78 is 32.4. The quantitative estimate of drug-likeness (QED) is 0.923. The molecule has 4 heteroatoms. The maximum absolute atomic E-state index is 13.2. The van der Waals surface area contributed by atoms with Crippen LogP contribution in [0.4, 0.5) is 8.78 Å². The minimum atomic E-state index is -0.587. The summed E-state index contributed by atoms with van der Waals surface area (Å²) in [6.45, 7) is 0.680. The highest BCUT2D eigenvalue weighted by molar-refractivity contribution is 5.19. The molecule has 2 fully saturated rings. The molecule has 1 aromatic rings. The zero-order valence-electron chi connectivity index (χ0n) is 12.2. The SMILES string of the molecule is OC(Cc1cc(F)cc(F)c1)C1CCOC2(CCCC2)C1. The van der Waals surface area contributed by atoms with E-state index in [0.29, 0.717) is 18.6 Å². The van der Waals surface area contributed by atoms with Gasteiger partial charge in [-0.2, -0.15) is 0 Å². The Morgan fingerprint density at radius 1 is 1.19 bits per heavy atom. The molecule has 116 valence electrons. The second-order valence-corrected chi connectivity index (χ2v) is 6.54. The lowest BCUT2D eigenvalue weighted by atomic mass is 9.80. The van der Waals surface area contributed by atoms with Gasteiger partial charge in [-0.05, 0) is 55.7 Å². The highest BCUT2D eigenvalue weighted by Crippen LogP contribution is 2.43. The van der Waals surface area contributed by atoms with Gasteiger partial charge in [0.1, 0.15) is 11.6 Å². The first-order valence-corrected chi connectivity index (χ1v) is 7.83. The van der Waals surface area contributed by atoms with E-state index in [0.717, 1.165) is 31.7 Å². The van der Waals surface area contributed by atoms with Gasteiger partial charge in [-0.25, -0.2) is 8.78 Å². The number of rotatable bonds is 3. The molecule has 2 atom stereocenters. The Labute approximate surface area is 124 Å². The first kappa shape index (κ1) is 14.9. The van der Waals surface area contributed by atoms with Crippen LogP contribution in [-0.2, 0) is 11.2 Å². The van der Waals surface area contributed by atoms with Crippen molar-refractivity contribution in [3.63, 3.8) is 0 Å². The number of hydrogen-bond donors (Lipinski definition) is 1. The topological polar surface area (TPSA) is 29.5 Å². The monoisotopic (exact) mass is 296 g/mol. The summed E-state index contributed by atoms with van der Waals surface area (Å²) in [5, 5.41) is 10.5. The van der Waals surface area contributed by atoms with Crippen LogP contribution in [0.2, 0.25) is 0 Å². The maximum Gasteiger partial charge on any atom is 0.126 e. The standard InChI is InChI=1S/C17H22F2O2/c18-14-7-12(8-15(19)10-14)9-16(20)13-3-6-21-17(11-13)4-1-2-5-17/h7-8,10,13,16,20H,1-6,9,11H2. The van der Waals surface area contributed by atoms with E-state index >= 15 is 0 Å². The summed E-state index contributed by atoms with van der Waals surface area (Å²) in [4.78, 5) is 0. The van der Waals surface area contributed by atoms with Crippen molar-refractivity contribution in [1.82, 2.24) is 0 Å². The second-order valence-electron chi connectivity index (χ2n) is 6.54. The Morgan fingerprint density at radius 3 is 2.52 bits per heavy atom. The van der Waals surface area contributed by atoms with Crippen LogP contribution >= 0.6 is 0 Å². The Balaban J connectivity index is 1.65. The van der Waals surface area contributed by atoms with Crippen LogP contribution in [0.15, 0.2) is 18.2 Å². The molecule has 0 bridgehead atoms. The normalized spacial score (nSPS) is 26.1. The van der Waals surface area contributed by atoms with Gasteiger partial charge in [-0.15, -0.1) is 0 Å². The molecule has 0 radical (unpaired) electrons. The van der Waals surface area contributed by atoms with Crippen LogP contribution in [0.3, 0.4) is 0 Å². The van der Waals surface area contributed by atoms with E-state index in [1.165, 1.54) is 25.0 Å². The van der Waals surface area contributed by atoms with Gasteiger partial charge in [0.25, 0.3) is 0 Å². The zero-order chi connectivity index (χ0) is 14.9. The van der Waals surface area contributed by atoms with Gasteiger partial charge in [0.2, 0.25) is 0 Å². The van der Waals surface area contributed by atoms with E-state index in [1.54, 1.807) is 0 Å². The van der Waals surface area contributed by atoms with E-state index < -0.39 is 17.7 Å². The molecule has 1 N–H and O–H groups in total. The molecule has 1 aromatic carbocycles. The summed E-state index contributed by atoms with van der Waals surface area (Å²) >= 11 is 0. The number of aliphatic hydroxyl groups is 1. The number of ether oxygens (including phenoxy) is 1. The minimum Gasteiger partial charge on any atom is -0.392 e. The average Bonchev–Trinajstić information content (AvgIpc) is 2.85. The molecule has 1 saturated heterocycles. The molecule has 0 aromatic heterocycles. The lowest BCUT2D eigenvalue weighted by molar-refractivity contribution is -0.112. The molecular weight excluding hydrogens is 274 g/mol. The Hall–Kier alpha value is -1.00. The van der Waals surface area contributed by atoms with E-state index in [4.69, 9.17) is 4.74 Å². The second kappa shape index (κ2) is 6.01. The Morgan fingerprint density at radius 2 is 1.86 bits per heavy atom. The number of aliphatic hydroxyl groups excluding tert-OH is 1. The van der Waals surface area contributed by atoms with Crippen molar-refractivity contribution < 1.29 is 18.6 Å². The summed E-state index contributed by atoms with van der Waals surface area (Å²) in [5.41, 5.74) is 0.476. The molecular formula is C17H22F2O2. The van der Waals surface area contributed by atoms with E-state index in [-0.39, 0.29) is 11.5 Å². The van der Waals surface area contributed by atoms with Crippen LogP contribution in [0.5, 0.6) is 0 Å². The molecule has 2 nitrogen and oxygen atoms in total. The molecule has 0 amide bonds. The minimum absolute atomic E-state index is 0.0446. The molecule has 21 heavy (non-hydrogen) atoms. The van der Waals surface area contributed by atoms with E-state index in [9.17, 15) is 13.9 Å². The van der Waals surface area contributed by atoms with E-state index in [1.807, 2.05) is 0 Å². The predicted octanol–water partition coefficient (Wildman–Crippen LogP) is 3.61. The molecule has 1 saturated carbocycles. The Bertz CT molecular complexity index is 477. The van der Waals surface area contributed by atoms with Crippen molar-refractivity contribution >= 4 is 0 Å². The summed E-state index contributed by atoms with van der Waals surface area (Å²) in [6, 6.07) is 3.46. The molecule has 3 rings (SSSR count). The van der Waals surface area contributed by atoms with Crippen molar-refractivity contribution in [1.29, 1.82) is 0 Å². The highest BCUT2D eigenvalue weighted by Gasteiger charge is 2.41. The molecule has 1 aliphatic carbocycles. The van der Waals surface area contributed by atoms with Crippen LogP contribution in [0.1, 0.15) is 44.1 Å². The van der Waals surface area contributed by atoms with Gasteiger partial charge in [0, 0.05) is 12.7 Å². The van der Waals surface area contributed by atoms with Crippen LogP contribution in [0.25, 0.3) is 0 Å². The third kappa shape index (κ3) is 3.43. The van der Waals surface area contributed by atoms with Gasteiger partial charge in [-0.1, -0.05) is 12.8 Å². The lowest BCUT2D eigenvalue weighted by Gasteiger charge is -2.40. The Kier molecular flexibility index (Phi) is 4.27. The first-order chi connectivity index (χ1) is 10.1. The molecule has 2 aliphatic rings. The summed E-state index contributed by atoms with van der Waals surface area (Å²) in [5.74, 6) is -1.02. The van der Waals surface area contributed by atoms with Crippen molar-refractivity contribution in [2.24, 2.45) is 5.92 Å². The fourth-order valence-corrected chi connectivity index (χ4v) is 3.90. The van der Waals surface area contributed by atoms with Gasteiger partial charge >= 0.3 is 0 Å². The first-order valence-electron chi connectivity index (χ1n) is 7.83. The van der Waals surface area contributed by atoms with Crippen molar-refractivity contribution in [2.75, 3.05) is 6.61 Å². The molecule has 1 heterocycles. The summed E-state index contributed by atoms with van der Waals surface area (Å²) in [6.07, 6.45) is 5.96. The summed E-state index contributed by atoms with van der Waals surface area (Å²) in [7, 11) is 0. The van der Waals surface area contributed by atoms with Gasteiger partial charge in [0.05, 0.1) is 11.7 Å². The maximum atomic E-state index is 13.2. The molecule has 1 spiro atoms. The average molecular weight is 296 g/mol. The van der Waals surface area contributed by atoms with Crippen molar-refractivity contribution in [2.45, 2.75) is 56.7 Å². The van der Waals surface area contributed by atoms with Gasteiger partial charge in [0.15, 0.2) is 0 Å². The smallest absolute Gasteiger partial charge is 0.126 e. The van der Waals surface area contributed by atoms with Gasteiger partial charge in [-0.3, -0.25) is 0 Å². The lowest BCUT2D eigenvalue weighted by Crippen LogP contribution is -2.41. The van der Waals surface area contributed by atoms with Crippen LogP contribution < -0.4 is 0 Å². The predicted molar refractivity (Wildman–Crippen MR) is 75.9 cm³/mol. The highest BCUT2D eigenvalue weighted by atomic mass is 19.1. The van der Waals surface area contributed by atoms with Crippen LogP contribution in [-0.4, -0.2) is 23.4 Å². The third-order valence-corrected chi connectivity index (χ3v) is 4.96.